The Balaban J connectivity index is 1.64. The number of ether oxygens (including phenoxy) is 1. The number of hydrogen-bond donors (Lipinski definition) is 0. The van der Waals surface area contributed by atoms with Crippen LogP contribution >= 0.6 is 0 Å². The molecule has 3 rings (SSSR count). The van der Waals surface area contributed by atoms with Crippen molar-refractivity contribution in [3.8, 4) is 0 Å². The van der Waals surface area contributed by atoms with Gasteiger partial charge < -0.3 is 9.26 Å². The van der Waals surface area contributed by atoms with E-state index in [1.54, 1.807) is 7.11 Å². The van der Waals surface area contributed by atoms with Crippen LogP contribution in [0.3, 0.4) is 0 Å². The molecule has 0 aromatic carbocycles. The fourth-order valence-corrected chi connectivity index (χ4v) is 3.87. The van der Waals surface area contributed by atoms with Crippen LogP contribution in [0.1, 0.15) is 49.2 Å². The van der Waals surface area contributed by atoms with Gasteiger partial charge in [0.05, 0.1) is 12.7 Å². The maximum atomic E-state index is 5.38. The van der Waals surface area contributed by atoms with E-state index in [0.29, 0.717) is 30.2 Å². The Hall–Kier alpha value is -1.77. The average Bonchev–Trinajstić information content (AvgIpc) is 3.23. The highest BCUT2D eigenvalue weighted by atomic mass is 16.5. The van der Waals surface area contributed by atoms with Crippen LogP contribution in [-0.4, -0.2) is 64.0 Å². The molecule has 1 fully saturated rings. The van der Waals surface area contributed by atoms with E-state index in [9.17, 15) is 0 Å². The molecule has 0 spiro atoms. The minimum Gasteiger partial charge on any atom is -0.374 e. The van der Waals surface area contributed by atoms with Gasteiger partial charge in [-0.3, -0.25) is 14.5 Å². The number of methoxy groups -OCH3 is 1. The van der Waals surface area contributed by atoms with Crippen molar-refractivity contribution in [3.63, 3.8) is 0 Å². The maximum Gasteiger partial charge on any atom is 0.240 e. The van der Waals surface area contributed by atoms with Crippen LogP contribution in [0.15, 0.2) is 16.9 Å². The highest BCUT2D eigenvalue weighted by Crippen LogP contribution is 2.35. The second-order valence-corrected chi connectivity index (χ2v) is 7.40. The van der Waals surface area contributed by atoms with Gasteiger partial charge in [0.2, 0.25) is 5.89 Å². The van der Waals surface area contributed by atoms with E-state index in [-0.39, 0.29) is 6.10 Å². The Morgan fingerprint density at radius 1 is 1.42 bits per heavy atom. The topological polar surface area (TPSA) is 72.5 Å². The van der Waals surface area contributed by atoms with Gasteiger partial charge in [0.25, 0.3) is 0 Å². The molecule has 0 radical (unpaired) electrons. The first-order chi connectivity index (χ1) is 12.5. The molecule has 1 aliphatic rings. The van der Waals surface area contributed by atoms with Crippen LogP contribution in [0, 0.1) is 5.92 Å². The molecular weight excluding hydrogens is 332 g/mol. The lowest BCUT2D eigenvalue weighted by Crippen LogP contribution is -2.40. The van der Waals surface area contributed by atoms with E-state index in [2.05, 4.69) is 45.3 Å². The summed E-state index contributed by atoms with van der Waals surface area (Å²) in [7, 11) is 7.94. The average molecular weight is 362 g/mol. The van der Waals surface area contributed by atoms with Crippen LogP contribution in [0.25, 0.3) is 0 Å². The van der Waals surface area contributed by atoms with Gasteiger partial charge in [-0.2, -0.15) is 10.1 Å². The molecule has 8 heteroatoms. The molecule has 2 aromatic heterocycles. The van der Waals surface area contributed by atoms with Gasteiger partial charge in [0.1, 0.15) is 6.10 Å². The lowest BCUT2D eigenvalue weighted by molar-refractivity contribution is 0.0895. The first-order valence-electron chi connectivity index (χ1n) is 9.20. The summed E-state index contributed by atoms with van der Waals surface area (Å²) in [6.07, 6.45) is 6.41. The summed E-state index contributed by atoms with van der Waals surface area (Å²) in [5, 5.41) is 8.37. The molecular formula is C18H30N6O2. The number of aromatic nitrogens is 4. The second-order valence-electron chi connectivity index (χ2n) is 7.40. The molecule has 26 heavy (non-hydrogen) atoms. The van der Waals surface area contributed by atoms with Gasteiger partial charge in [-0.15, -0.1) is 0 Å². The summed E-state index contributed by atoms with van der Waals surface area (Å²) in [5.41, 5.74) is 1.29. The van der Waals surface area contributed by atoms with E-state index in [1.165, 1.54) is 18.4 Å². The molecule has 8 nitrogen and oxygen atoms in total. The van der Waals surface area contributed by atoms with Gasteiger partial charge in [-0.25, -0.2) is 0 Å². The molecule has 3 atom stereocenters. The third-order valence-corrected chi connectivity index (χ3v) is 5.23. The predicted molar refractivity (Wildman–Crippen MR) is 97.4 cm³/mol. The number of likely N-dealkylation sites (tertiary alicyclic amines) is 1. The van der Waals surface area contributed by atoms with Gasteiger partial charge >= 0.3 is 0 Å². The molecule has 3 heterocycles. The third-order valence-electron chi connectivity index (χ3n) is 5.23. The summed E-state index contributed by atoms with van der Waals surface area (Å²) in [5.74, 6) is 1.78. The minimum atomic E-state index is -0.153. The molecule has 0 amide bonds. The summed E-state index contributed by atoms with van der Waals surface area (Å²) >= 11 is 0. The van der Waals surface area contributed by atoms with Crippen molar-refractivity contribution in [2.24, 2.45) is 13.0 Å². The van der Waals surface area contributed by atoms with Crippen LogP contribution in [0.2, 0.25) is 0 Å². The Bertz CT molecular complexity index is 699. The van der Waals surface area contributed by atoms with Gasteiger partial charge in [0, 0.05) is 38.5 Å². The molecule has 1 unspecified atom stereocenters. The number of rotatable bonds is 7. The summed E-state index contributed by atoms with van der Waals surface area (Å²) in [6.45, 7) is 4.65. The number of aryl methyl sites for hydroxylation is 1. The van der Waals surface area contributed by atoms with Crippen LogP contribution in [0.5, 0.6) is 0 Å². The number of piperidine rings is 1. The van der Waals surface area contributed by atoms with Crippen molar-refractivity contribution in [1.29, 1.82) is 0 Å². The Kier molecular flexibility index (Phi) is 6.05. The quantitative estimate of drug-likeness (QED) is 0.746. The normalized spacial score (nSPS) is 22.8. The second kappa shape index (κ2) is 8.28. The summed E-state index contributed by atoms with van der Waals surface area (Å²) < 4.78 is 12.5. The standard InChI is InChI=1S/C18H30N6O2/c1-13(25-5)18-20-16(26-21-18)12-22(2)10-14-7-6-8-23(3)17(14)15-9-19-24(4)11-15/h9,11,13-14,17H,6-8,10,12H2,1-5H3/t13?,14-,17+/m0/s1. The van der Waals surface area contributed by atoms with Gasteiger partial charge in [-0.05, 0) is 46.3 Å². The van der Waals surface area contributed by atoms with E-state index in [1.807, 2.05) is 24.9 Å². The monoisotopic (exact) mass is 362 g/mol. The molecule has 0 bridgehead atoms. The highest BCUT2D eigenvalue weighted by molar-refractivity contribution is 5.13. The first-order valence-corrected chi connectivity index (χ1v) is 9.20. The van der Waals surface area contributed by atoms with Crippen molar-refractivity contribution < 1.29 is 9.26 Å². The molecule has 1 saturated heterocycles. The lowest BCUT2D eigenvalue weighted by atomic mass is 9.86. The first kappa shape index (κ1) is 19.0. The molecule has 1 aliphatic heterocycles. The van der Waals surface area contributed by atoms with Crippen LogP contribution in [0.4, 0.5) is 0 Å². The van der Waals surface area contributed by atoms with Crippen molar-refractivity contribution in [1.82, 2.24) is 29.7 Å². The van der Waals surface area contributed by atoms with Crippen molar-refractivity contribution >= 4 is 0 Å². The van der Waals surface area contributed by atoms with E-state index in [0.717, 1.165) is 13.1 Å². The fourth-order valence-electron chi connectivity index (χ4n) is 3.87. The van der Waals surface area contributed by atoms with E-state index < -0.39 is 0 Å². The Labute approximate surface area is 155 Å². The Morgan fingerprint density at radius 3 is 2.92 bits per heavy atom. The molecule has 2 aromatic rings. The third kappa shape index (κ3) is 4.31. The van der Waals surface area contributed by atoms with Crippen LogP contribution < -0.4 is 0 Å². The lowest BCUT2D eigenvalue weighted by Gasteiger charge is -2.40. The Morgan fingerprint density at radius 2 is 2.23 bits per heavy atom. The van der Waals surface area contributed by atoms with E-state index >= 15 is 0 Å². The number of hydrogen-bond acceptors (Lipinski definition) is 7. The largest absolute Gasteiger partial charge is 0.374 e. The van der Waals surface area contributed by atoms with Gasteiger partial charge in [-0.1, -0.05) is 5.16 Å². The fraction of sp³-hybridized carbons (Fsp3) is 0.722. The van der Waals surface area contributed by atoms with Gasteiger partial charge in [0.15, 0.2) is 5.82 Å². The van der Waals surface area contributed by atoms with Crippen molar-refractivity contribution in [3.05, 3.63) is 29.7 Å². The smallest absolute Gasteiger partial charge is 0.240 e. The molecule has 0 aliphatic carbocycles. The summed E-state index contributed by atoms with van der Waals surface area (Å²) in [4.78, 5) is 9.16. The zero-order valence-electron chi connectivity index (χ0n) is 16.4. The maximum absolute atomic E-state index is 5.38. The molecule has 0 saturated carbocycles. The predicted octanol–water partition coefficient (Wildman–Crippen LogP) is 2.03. The van der Waals surface area contributed by atoms with Crippen molar-refractivity contribution in [2.45, 2.75) is 38.5 Å². The molecule has 0 N–H and O–H groups in total. The molecule has 144 valence electrons. The zero-order valence-corrected chi connectivity index (χ0v) is 16.4. The highest BCUT2D eigenvalue weighted by Gasteiger charge is 2.32. The SMILES string of the molecule is COC(C)c1noc(CN(C)C[C@@H]2CCCN(C)[C@H]2c2cnn(C)c2)n1. The zero-order chi connectivity index (χ0) is 18.7. The van der Waals surface area contributed by atoms with E-state index in [4.69, 9.17) is 9.26 Å². The van der Waals surface area contributed by atoms with Crippen molar-refractivity contribution in [2.75, 3.05) is 34.3 Å². The summed E-state index contributed by atoms with van der Waals surface area (Å²) in [6, 6.07) is 0.395. The number of nitrogens with zero attached hydrogens (tertiary/aromatic N) is 6. The van der Waals surface area contributed by atoms with Crippen LogP contribution in [-0.2, 0) is 18.3 Å². The minimum absolute atomic E-state index is 0.153.